The van der Waals surface area contributed by atoms with Crippen molar-refractivity contribution in [3.8, 4) is 5.75 Å². The van der Waals surface area contributed by atoms with Gasteiger partial charge in [0.15, 0.2) is 0 Å². The van der Waals surface area contributed by atoms with Gasteiger partial charge in [-0.2, -0.15) is 0 Å². The molecular weight excluding hydrogens is 366 g/mol. The molecule has 0 unspecified atom stereocenters. The van der Waals surface area contributed by atoms with Crippen LogP contribution in [-0.2, 0) is 0 Å². The number of rotatable bonds is 7. The highest BCUT2D eigenvalue weighted by atomic mass is 16.5. The van der Waals surface area contributed by atoms with E-state index in [2.05, 4.69) is 38.8 Å². The Bertz CT molecular complexity index is 816. The third-order valence-electron chi connectivity index (χ3n) is 5.28. The van der Waals surface area contributed by atoms with E-state index in [1.54, 1.807) is 12.0 Å². The summed E-state index contributed by atoms with van der Waals surface area (Å²) in [5, 5.41) is 0. The van der Waals surface area contributed by atoms with E-state index in [9.17, 15) is 4.79 Å². The van der Waals surface area contributed by atoms with Crippen LogP contribution in [0.25, 0.3) is 0 Å². The van der Waals surface area contributed by atoms with Gasteiger partial charge in [-0.1, -0.05) is 13.3 Å². The van der Waals surface area contributed by atoms with E-state index >= 15 is 0 Å². The Morgan fingerprint density at radius 2 is 1.76 bits per heavy atom. The van der Waals surface area contributed by atoms with Crippen LogP contribution in [0.4, 0.5) is 11.5 Å². The highest BCUT2D eigenvalue weighted by Gasteiger charge is 2.21. The predicted octanol–water partition coefficient (Wildman–Crippen LogP) is 2.99. The van der Waals surface area contributed by atoms with Crippen LogP contribution in [0.2, 0.25) is 0 Å². The summed E-state index contributed by atoms with van der Waals surface area (Å²) in [6.07, 6.45) is 2.05. The predicted molar refractivity (Wildman–Crippen MR) is 116 cm³/mol. The second-order valence-corrected chi connectivity index (χ2v) is 7.41. The Hall–Kier alpha value is -2.83. The minimum atomic E-state index is -0.0398. The number of piperazine rings is 1. The molecule has 0 saturated carbocycles. The van der Waals surface area contributed by atoms with Crippen molar-refractivity contribution in [2.75, 3.05) is 56.7 Å². The molecule has 0 atom stereocenters. The number of aryl methyl sites for hydroxylation is 1. The molecule has 1 aromatic heterocycles. The summed E-state index contributed by atoms with van der Waals surface area (Å²) in [7, 11) is 3.51. The quantitative estimate of drug-likeness (QED) is 0.716. The van der Waals surface area contributed by atoms with E-state index in [0.717, 1.165) is 57.1 Å². The Morgan fingerprint density at radius 1 is 1.10 bits per heavy atom. The number of amides is 1. The van der Waals surface area contributed by atoms with Gasteiger partial charge in [-0.25, -0.2) is 9.97 Å². The highest BCUT2D eigenvalue weighted by molar-refractivity contribution is 5.92. The lowest BCUT2D eigenvalue weighted by Gasteiger charge is -2.37. The lowest BCUT2D eigenvalue weighted by atomic mass is 10.2. The average Bonchev–Trinajstić information content (AvgIpc) is 2.76. The van der Waals surface area contributed by atoms with E-state index < -0.39 is 0 Å². The molecule has 1 aromatic carbocycles. The van der Waals surface area contributed by atoms with E-state index in [-0.39, 0.29) is 5.91 Å². The van der Waals surface area contributed by atoms with Crippen molar-refractivity contribution in [2.24, 2.45) is 0 Å². The van der Waals surface area contributed by atoms with Gasteiger partial charge in [-0.05, 0) is 37.6 Å². The van der Waals surface area contributed by atoms with Gasteiger partial charge in [-0.15, -0.1) is 0 Å². The lowest BCUT2D eigenvalue weighted by molar-refractivity contribution is 0.0787. The molecule has 2 aromatic rings. The minimum absolute atomic E-state index is 0.0398. The van der Waals surface area contributed by atoms with Crippen molar-refractivity contribution in [2.45, 2.75) is 26.7 Å². The van der Waals surface area contributed by atoms with Gasteiger partial charge in [-0.3, -0.25) is 4.79 Å². The fourth-order valence-corrected chi connectivity index (χ4v) is 3.50. The van der Waals surface area contributed by atoms with Gasteiger partial charge in [0.25, 0.3) is 5.91 Å². The van der Waals surface area contributed by atoms with Crippen molar-refractivity contribution in [3.05, 3.63) is 41.9 Å². The Morgan fingerprint density at radius 3 is 2.38 bits per heavy atom. The summed E-state index contributed by atoms with van der Waals surface area (Å²) < 4.78 is 5.24. The van der Waals surface area contributed by atoms with Crippen LogP contribution in [0, 0.1) is 6.92 Å². The van der Waals surface area contributed by atoms with Gasteiger partial charge >= 0.3 is 0 Å². The fraction of sp³-hybridized carbons (Fsp3) is 0.500. The average molecular weight is 398 g/mol. The molecule has 0 aliphatic carbocycles. The third kappa shape index (κ3) is 5.16. The SMILES string of the molecule is CCCCN(C)C(=O)c1cc(N2CCN(c3ccc(OC)cc3)CC2)nc(C)n1. The number of benzene rings is 1. The molecule has 7 nitrogen and oxygen atoms in total. The van der Waals surface area contributed by atoms with E-state index in [1.165, 1.54) is 5.69 Å². The molecule has 0 spiro atoms. The standard InChI is InChI=1S/C22H31N5O2/c1-5-6-11-25(3)22(28)20-16-21(24-17(2)23-20)27-14-12-26(13-15-27)18-7-9-19(29-4)10-8-18/h7-10,16H,5-6,11-15H2,1-4H3. The van der Waals surface area contributed by atoms with Crippen molar-refractivity contribution >= 4 is 17.4 Å². The maximum Gasteiger partial charge on any atom is 0.272 e. The van der Waals surface area contributed by atoms with Gasteiger partial charge in [0.05, 0.1) is 7.11 Å². The normalized spacial score (nSPS) is 14.1. The maximum absolute atomic E-state index is 12.7. The van der Waals surface area contributed by atoms with E-state index in [1.807, 2.05) is 32.2 Å². The number of methoxy groups -OCH3 is 1. The molecule has 156 valence electrons. The topological polar surface area (TPSA) is 61.8 Å². The Balaban J connectivity index is 1.67. The summed E-state index contributed by atoms with van der Waals surface area (Å²) >= 11 is 0. The molecule has 29 heavy (non-hydrogen) atoms. The van der Waals surface area contributed by atoms with Crippen molar-refractivity contribution in [3.63, 3.8) is 0 Å². The fourth-order valence-electron chi connectivity index (χ4n) is 3.50. The Labute approximate surface area is 173 Å². The second kappa shape index (κ2) is 9.58. The van der Waals surface area contributed by atoms with Crippen LogP contribution in [0.15, 0.2) is 30.3 Å². The largest absolute Gasteiger partial charge is 0.497 e. The first kappa shape index (κ1) is 20.9. The molecule has 1 aliphatic rings. The lowest BCUT2D eigenvalue weighted by Crippen LogP contribution is -2.47. The summed E-state index contributed by atoms with van der Waals surface area (Å²) in [6, 6.07) is 9.99. The molecule has 1 amide bonds. The first-order chi connectivity index (χ1) is 14.0. The molecule has 7 heteroatoms. The zero-order valence-corrected chi connectivity index (χ0v) is 17.9. The number of carbonyl (C=O) groups is 1. The summed E-state index contributed by atoms with van der Waals surface area (Å²) in [5.74, 6) is 2.29. The minimum Gasteiger partial charge on any atom is -0.497 e. The molecule has 0 radical (unpaired) electrons. The highest BCUT2D eigenvalue weighted by Crippen LogP contribution is 2.22. The zero-order chi connectivity index (χ0) is 20.8. The van der Waals surface area contributed by atoms with Crippen LogP contribution in [0.5, 0.6) is 5.75 Å². The number of unbranched alkanes of at least 4 members (excludes halogenated alkanes) is 1. The number of anilines is 2. The molecule has 2 heterocycles. The number of hydrogen-bond acceptors (Lipinski definition) is 6. The monoisotopic (exact) mass is 397 g/mol. The van der Waals surface area contributed by atoms with Crippen LogP contribution in [0.3, 0.4) is 0 Å². The number of hydrogen-bond donors (Lipinski definition) is 0. The second-order valence-electron chi connectivity index (χ2n) is 7.41. The van der Waals surface area contributed by atoms with Crippen LogP contribution in [0.1, 0.15) is 36.1 Å². The molecule has 1 saturated heterocycles. The van der Waals surface area contributed by atoms with E-state index in [0.29, 0.717) is 11.5 Å². The number of carbonyl (C=O) groups excluding carboxylic acids is 1. The molecular formula is C22H31N5O2. The van der Waals surface area contributed by atoms with Gasteiger partial charge < -0.3 is 19.4 Å². The summed E-state index contributed by atoms with van der Waals surface area (Å²) in [6.45, 7) is 8.21. The maximum atomic E-state index is 12.7. The summed E-state index contributed by atoms with van der Waals surface area (Å²) in [4.78, 5) is 28.0. The Kier molecular flexibility index (Phi) is 6.90. The van der Waals surface area contributed by atoms with Crippen molar-refractivity contribution in [1.29, 1.82) is 0 Å². The number of nitrogens with zero attached hydrogens (tertiary/aromatic N) is 5. The summed E-state index contributed by atoms with van der Waals surface area (Å²) in [5.41, 5.74) is 1.67. The van der Waals surface area contributed by atoms with E-state index in [4.69, 9.17) is 4.74 Å². The van der Waals surface area contributed by atoms with Gasteiger partial charge in [0.1, 0.15) is 23.1 Å². The first-order valence-electron chi connectivity index (χ1n) is 10.3. The van der Waals surface area contributed by atoms with Gasteiger partial charge in [0.2, 0.25) is 0 Å². The van der Waals surface area contributed by atoms with Crippen molar-refractivity contribution in [1.82, 2.24) is 14.9 Å². The molecule has 3 rings (SSSR count). The van der Waals surface area contributed by atoms with Gasteiger partial charge in [0, 0.05) is 51.5 Å². The van der Waals surface area contributed by atoms with Crippen LogP contribution >= 0.6 is 0 Å². The van der Waals surface area contributed by atoms with Crippen molar-refractivity contribution < 1.29 is 9.53 Å². The molecule has 1 fully saturated rings. The van der Waals surface area contributed by atoms with Crippen LogP contribution in [-0.4, -0.2) is 67.7 Å². The third-order valence-corrected chi connectivity index (χ3v) is 5.28. The number of aromatic nitrogens is 2. The smallest absolute Gasteiger partial charge is 0.272 e. The molecule has 1 aliphatic heterocycles. The van der Waals surface area contributed by atoms with Crippen LogP contribution < -0.4 is 14.5 Å². The molecule has 0 bridgehead atoms. The number of ether oxygens (including phenoxy) is 1. The zero-order valence-electron chi connectivity index (χ0n) is 17.9. The first-order valence-corrected chi connectivity index (χ1v) is 10.3. The molecule has 0 N–H and O–H groups in total.